The molecule has 0 aromatic heterocycles. The van der Waals surface area contributed by atoms with E-state index in [-0.39, 0.29) is 5.97 Å². The Labute approximate surface area is 85.0 Å². The highest BCUT2D eigenvalue weighted by Gasteiger charge is 2.12. The fourth-order valence-corrected chi connectivity index (χ4v) is 1.45. The molecule has 1 aromatic carbocycles. The van der Waals surface area contributed by atoms with E-state index < -0.39 is 0 Å². The molecule has 0 heterocycles. The van der Waals surface area contributed by atoms with Gasteiger partial charge in [0.2, 0.25) is 0 Å². The van der Waals surface area contributed by atoms with Crippen LogP contribution in [0.4, 0.5) is 5.69 Å². The van der Waals surface area contributed by atoms with Crippen LogP contribution in [0.3, 0.4) is 0 Å². The zero-order chi connectivity index (χ0) is 10.0. The molecule has 13 heavy (non-hydrogen) atoms. The molecule has 0 spiro atoms. The Hall–Kier alpha value is -1.03. The van der Waals surface area contributed by atoms with Crippen molar-refractivity contribution < 1.29 is 9.53 Å². The van der Waals surface area contributed by atoms with E-state index in [2.05, 4.69) is 20.7 Å². The average molecular weight is 244 g/mol. The molecule has 0 fully saturated rings. The molecule has 0 unspecified atom stereocenters. The number of benzene rings is 1. The van der Waals surface area contributed by atoms with Gasteiger partial charge in [0, 0.05) is 10.2 Å². The van der Waals surface area contributed by atoms with Crippen LogP contribution in [0.5, 0.6) is 0 Å². The summed E-state index contributed by atoms with van der Waals surface area (Å²) in [4.78, 5) is 11.2. The summed E-state index contributed by atoms with van der Waals surface area (Å²) in [5.41, 5.74) is 7.52. The Morgan fingerprint density at radius 2 is 2.15 bits per heavy atom. The maximum Gasteiger partial charge on any atom is 0.339 e. The number of rotatable bonds is 1. The molecule has 0 amide bonds. The molecule has 0 atom stereocenters. The highest BCUT2D eigenvalue weighted by Crippen LogP contribution is 2.24. The van der Waals surface area contributed by atoms with E-state index >= 15 is 0 Å². The lowest BCUT2D eigenvalue weighted by atomic mass is 10.1. The van der Waals surface area contributed by atoms with Gasteiger partial charge in [0.15, 0.2) is 0 Å². The predicted octanol–water partition coefficient (Wildman–Crippen LogP) is 2.13. The van der Waals surface area contributed by atoms with Gasteiger partial charge < -0.3 is 10.5 Å². The summed E-state index contributed by atoms with van der Waals surface area (Å²) in [7, 11) is 1.34. The molecule has 70 valence electrons. The lowest BCUT2D eigenvalue weighted by Crippen LogP contribution is -2.04. The molecule has 3 nitrogen and oxygen atoms in total. The van der Waals surface area contributed by atoms with Crippen molar-refractivity contribution in [1.82, 2.24) is 0 Å². The van der Waals surface area contributed by atoms with Crippen LogP contribution in [-0.4, -0.2) is 13.1 Å². The van der Waals surface area contributed by atoms with Gasteiger partial charge in [-0.25, -0.2) is 4.79 Å². The van der Waals surface area contributed by atoms with Crippen molar-refractivity contribution in [2.75, 3.05) is 12.8 Å². The number of carbonyl (C=O) groups is 1. The molecule has 1 rings (SSSR count). The van der Waals surface area contributed by atoms with E-state index in [1.54, 1.807) is 12.1 Å². The number of aryl methyl sites for hydroxylation is 1. The maximum atomic E-state index is 11.2. The Morgan fingerprint density at radius 3 is 2.69 bits per heavy atom. The molecular weight excluding hydrogens is 234 g/mol. The van der Waals surface area contributed by atoms with E-state index in [0.29, 0.717) is 11.3 Å². The van der Waals surface area contributed by atoms with Gasteiger partial charge in [0.1, 0.15) is 0 Å². The smallest absolute Gasteiger partial charge is 0.339 e. The normalized spacial score (nSPS) is 9.77. The lowest BCUT2D eigenvalue weighted by Gasteiger charge is -2.06. The summed E-state index contributed by atoms with van der Waals surface area (Å²) in [6, 6.07) is 3.37. The molecule has 2 N–H and O–H groups in total. The van der Waals surface area contributed by atoms with Crippen molar-refractivity contribution in [1.29, 1.82) is 0 Å². The van der Waals surface area contributed by atoms with E-state index in [9.17, 15) is 4.79 Å². The third-order valence-electron chi connectivity index (χ3n) is 1.68. The summed E-state index contributed by atoms with van der Waals surface area (Å²) in [6.45, 7) is 1.87. The van der Waals surface area contributed by atoms with E-state index in [0.717, 1.165) is 10.0 Å². The van der Waals surface area contributed by atoms with Crippen LogP contribution >= 0.6 is 15.9 Å². The van der Waals surface area contributed by atoms with Crippen molar-refractivity contribution in [3.8, 4) is 0 Å². The van der Waals surface area contributed by atoms with Crippen molar-refractivity contribution in [2.24, 2.45) is 0 Å². The summed E-state index contributed by atoms with van der Waals surface area (Å²) in [6.07, 6.45) is 0. The van der Waals surface area contributed by atoms with Crippen LogP contribution in [0.15, 0.2) is 16.6 Å². The lowest BCUT2D eigenvalue weighted by molar-refractivity contribution is 0.0599. The van der Waals surface area contributed by atoms with Gasteiger partial charge in [-0.2, -0.15) is 0 Å². The first-order chi connectivity index (χ1) is 6.06. The fraction of sp³-hybridized carbons (Fsp3) is 0.222. The van der Waals surface area contributed by atoms with Gasteiger partial charge in [0.05, 0.1) is 12.7 Å². The Balaban J connectivity index is 3.28. The molecule has 4 heteroatoms. The molecule has 0 aliphatic heterocycles. The molecule has 0 radical (unpaired) electrons. The number of nitrogens with two attached hydrogens (primary N) is 1. The van der Waals surface area contributed by atoms with Gasteiger partial charge in [-0.15, -0.1) is 0 Å². The van der Waals surface area contributed by atoms with Crippen molar-refractivity contribution in [2.45, 2.75) is 6.92 Å². The van der Waals surface area contributed by atoms with E-state index in [4.69, 9.17) is 5.73 Å². The second-order valence-corrected chi connectivity index (χ2v) is 3.48. The summed E-state index contributed by atoms with van der Waals surface area (Å²) in [5, 5.41) is 0. The van der Waals surface area contributed by atoms with Crippen LogP contribution in [0.2, 0.25) is 0 Å². The molecular formula is C9H10BrNO2. The van der Waals surface area contributed by atoms with Gasteiger partial charge in [0.25, 0.3) is 0 Å². The van der Waals surface area contributed by atoms with Gasteiger partial charge in [-0.1, -0.05) is 0 Å². The number of nitrogen functional groups attached to an aromatic ring is 1. The minimum Gasteiger partial charge on any atom is -0.465 e. The third-order valence-corrected chi connectivity index (χ3v) is 2.73. The molecule has 0 saturated carbocycles. The summed E-state index contributed by atoms with van der Waals surface area (Å²) < 4.78 is 5.33. The number of hydrogen-bond acceptors (Lipinski definition) is 3. The number of hydrogen-bond donors (Lipinski definition) is 1. The number of anilines is 1. The Kier molecular flexibility index (Phi) is 2.93. The fourth-order valence-electron chi connectivity index (χ4n) is 1.06. The molecule has 0 aliphatic carbocycles. The number of halogens is 1. The van der Waals surface area contributed by atoms with Crippen LogP contribution in [0.1, 0.15) is 15.9 Å². The SMILES string of the molecule is COC(=O)c1cc(N)cc(C)c1Br. The second-order valence-electron chi connectivity index (χ2n) is 2.69. The average Bonchev–Trinajstić information content (AvgIpc) is 2.10. The minimum atomic E-state index is -0.387. The number of ether oxygens (including phenoxy) is 1. The first-order valence-corrected chi connectivity index (χ1v) is 4.49. The summed E-state index contributed by atoms with van der Waals surface area (Å²) in [5.74, 6) is -0.387. The number of carbonyl (C=O) groups excluding carboxylic acids is 1. The highest BCUT2D eigenvalue weighted by molar-refractivity contribution is 9.10. The predicted molar refractivity (Wildman–Crippen MR) is 54.6 cm³/mol. The minimum absolute atomic E-state index is 0.387. The van der Waals surface area contributed by atoms with Gasteiger partial charge in [-0.3, -0.25) is 0 Å². The Bertz CT molecular complexity index is 350. The third kappa shape index (κ3) is 2.01. The number of esters is 1. The van der Waals surface area contributed by atoms with Crippen LogP contribution in [-0.2, 0) is 4.74 Å². The topological polar surface area (TPSA) is 52.3 Å². The van der Waals surface area contributed by atoms with E-state index in [1.807, 2.05) is 6.92 Å². The molecule has 0 bridgehead atoms. The standard InChI is InChI=1S/C9H10BrNO2/c1-5-3-6(11)4-7(8(5)10)9(12)13-2/h3-4H,11H2,1-2H3. The quantitative estimate of drug-likeness (QED) is 0.608. The highest BCUT2D eigenvalue weighted by atomic mass is 79.9. The number of methoxy groups -OCH3 is 1. The molecule has 0 saturated heterocycles. The van der Waals surface area contributed by atoms with Crippen LogP contribution in [0, 0.1) is 6.92 Å². The first kappa shape index (κ1) is 10.1. The van der Waals surface area contributed by atoms with Gasteiger partial charge in [-0.05, 0) is 40.5 Å². The van der Waals surface area contributed by atoms with Crippen molar-refractivity contribution in [3.05, 3.63) is 27.7 Å². The molecule has 0 aliphatic rings. The zero-order valence-electron chi connectivity index (χ0n) is 7.43. The Morgan fingerprint density at radius 1 is 1.54 bits per heavy atom. The van der Waals surface area contributed by atoms with Crippen LogP contribution in [0.25, 0.3) is 0 Å². The maximum absolute atomic E-state index is 11.2. The van der Waals surface area contributed by atoms with Crippen molar-refractivity contribution in [3.63, 3.8) is 0 Å². The second kappa shape index (κ2) is 3.79. The monoisotopic (exact) mass is 243 g/mol. The molecule has 1 aromatic rings. The first-order valence-electron chi connectivity index (χ1n) is 3.70. The van der Waals surface area contributed by atoms with Crippen molar-refractivity contribution >= 4 is 27.6 Å². The van der Waals surface area contributed by atoms with Crippen LogP contribution < -0.4 is 5.73 Å². The van der Waals surface area contributed by atoms with Gasteiger partial charge >= 0.3 is 5.97 Å². The zero-order valence-corrected chi connectivity index (χ0v) is 9.01. The largest absolute Gasteiger partial charge is 0.465 e. The summed E-state index contributed by atoms with van der Waals surface area (Å²) >= 11 is 3.30. The van der Waals surface area contributed by atoms with E-state index in [1.165, 1.54) is 7.11 Å².